The van der Waals surface area contributed by atoms with Crippen molar-refractivity contribution in [3.63, 3.8) is 0 Å². The van der Waals surface area contributed by atoms with Gasteiger partial charge in [-0.15, -0.1) is 0 Å². The lowest BCUT2D eigenvalue weighted by Crippen LogP contribution is -2.50. The van der Waals surface area contributed by atoms with Gasteiger partial charge in [-0.2, -0.15) is 0 Å². The predicted molar refractivity (Wildman–Crippen MR) is 94.2 cm³/mol. The first-order chi connectivity index (χ1) is 12.0. The highest BCUT2D eigenvalue weighted by atomic mass is 16.2. The van der Waals surface area contributed by atoms with Crippen LogP contribution in [0.25, 0.3) is 0 Å². The fourth-order valence-electron chi connectivity index (χ4n) is 3.48. The number of amides is 2. The Morgan fingerprint density at radius 2 is 2.00 bits per heavy atom. The van der Waals surface area contributed by atoms with Gasteiger partial charge in [0.25, 0.3) is 0 Å². The molecule has 2 aliphatic rings. The van der Waals surface area contributed by atoms with E-state index in [2.05, 4.69) is 21.2 Å². The van der Waals surface area contributed by atoms with Crippen molar-refractivity contribution in [1.82, 2.24) is 26.1 Å². The third-order valence-corrected chi connectivity index (χ3v) is 4.85. The van der Waals surface area contributed by atoms with E-state index in [1.807, 2.05) is 36.9 Å². The first-order valence-corrected chi connectivity index (χ1v) is 9.05. The van der Waals surface area contributed by atoms with E-state index in [4.69, 9.17) is 0 Å². The second-order valence-corrected chi connectivity index (χ2v) is 7.15. The van der Waals surface area contributed by atoms with Crippen molar-refractivity contribution in [2.45, 2.75) is 51.2 Å². The number of aromatic nitrogens is 1. The summed E-state index contributed by atoms with van der Waals surface area (Å²) < 4.78 is 0. The fraction of sp³-hybridized carbons (Fsp3) is 0.611. The molecule has 3 rings (SSSR count). The molecule has 2 aliphatic heterocycles. The van der Waals surface area contributed by atoms with Gasteiger partial charge in [0, 0.05) is 31.2 Å². The quantitative estimate of drug-likeness (QED) is 0.750. The summed E-state index contributed by atoms with van der Waals surface area (Å²) in [5.41, 5.74) is 7.21. The van der Waals surface area contributed by atoms with Crippen molar-refractivity contribution in [1.29, 1.82) is 0 Å². The number of pyridine rings is 1. The topological polar surface area (TPSA) is 86.4 Å². The molecule has 2 atom stereocenters. The van der Waals surface area contributed by atoms with E-state index in [1.165, 1.54) is 0 Å². The smallest absolute Gasteiger partial charge is 0.241 e. The molecule has 0 spiro atoms. The maximum Gasteiger partial charge on any atom is 0.241 e. The van der Waals surface area contributed by atoms with E-state index in [1.54, 1.807) is 6.20 Å². The second-order valence-electron chi connectivity index (χ2n) is 7.15. The summed E-state index contributed by atoms with van der Waals surface area (Å²) in [6.07, 6.45) is 3.91. The molecule has 2 unspecified atom stereocenters. The van der Waals surface area contributed by atoms with Gasteiger partial charge in [-0.1, -0.05) is 6.07 Å². The summed E-state index contributed by atoms with van der Waals surface area (Å²) >= 11 is 0. The number of likely N-dealkylation sites (tertiary alicyclic amines) is 1. The molecule has 1 aromatic heterocycles. The molecule has 0 bridgehead atoms. The van der Waals surface area contributed by atoms with Gasteiger partial charge in [-0.3, -0.25) is 14.6 Å². The van der Waals surface area contributed by atoms with Gasteiger partial charge in [0.15, 0.2) is 0 Å². The maximum absolute atomic E-state index is 12.7. The largest absolute Gasteiger partial charge is 0.354 e. The number of hydrogen-bond acceptors (Lipinski definition) is 5. The van der Waals surface area contributed by atoms with E-state index in [0.29, 0.717) is 19.5 Å². The normalized spacial score (nSPS) is 24.5. The highest BCUT2D eigenvalue weighted by molar-refractivity contribution is 5.83. The van der Waals surface area contributed by atoms with Crippen molar-refractivity contribution < 1.29 is 9.59 Å². The zero-order valence-electron chi connectivity index (χ0n) is 14.9. The van der Waals surface area contributed by atoms with Crippen LogP contribution in [0.2, 0.25) is 0 Å². The van der Waals surface area contributed by atoms with E-state index in [9.17, 15) is 9.59 Å². The van der Waals surface area contributed by atoms with Crippen LogP contribution >= 0.6 is 0 Å². The predicted octanol–water partition coefficient (Wildman–Crippen LogP) is 0.752. The number of nitrogens with one attached hydrogen (secondary N) is 3. The molecule has 2 saturated heterocycles. The summed E-state index contributed by atoms with van der Waals surface area (Å²) in [4.78, 5) is 31.1. The molecule has 2 fully saturated rings. The minimum atomic E-state index is -0.243. The Morgan fingerprint density at radius 3 is 2.64 bits per heavy atom. The van der Waals surface area contributed by atoms with Gasteiger partial charge in [0.2, 0.25) is 11.8 Å². The van der Waals surface area contributed by atoms with Crippen LogP contribution in [0.3, 0.4) is 0 Å². The SMILES string of the molecule is CC(C)NC(=O)C1CCN(C(=O)C2CC(c3ccccn3)NN2)CC1. The summed E-state index contributed by atoms with van der Waals surface area (Å²) in [6.45, 7) is 5.21. The standard InChI is InChI=1S/C18H27N5O2/c1-12(2)20-17(24)13-6-9-23(10-7-13)18(25)16-11-15(21-22-16)14-5-3-4-8-19-14/h3-5,8,12-13,15-16,21-22H,6-7,9-11H2,1-2H3,(H,20,24). The number of nitrogens with zero attached hydrogens (tertiary/aromatic N) is 2. The highest BCUT2D eigenvalue weighted by Crippen LogP contribution is 2.23. The summed E-state index contributed by atoms with van der Waals surface area (Å²) in [7, 11) is 0. The maximum atomic E-state index is 12.7. The minimum absolute atomic E-state index is 0.0161. The monoisotopic (exact) mass is 345 g/mol. The van der Waals surface area contributed by atoms with Crippen molar-refractivity contribution >= 4 is 11.8 Å². The van der Waals surface area contributed by atoms with Crippen LogP contribution in [0.1, 0.15) is 44.8 Å². The lowest BCUT2D eigenvalue weighted by molar-refractivity contribution is -0.137. The Morgan fingerprint density at radius 1 is 1.24 bits per heavy atom. The van der Waals surface area contributed by atoms with Crippen molar-refractivity contribution in [3.05, 3.63) is 30.1 Å². The van der Waals surface area contributed by atoms with E-state index >= 15 is 0 Å². The van der Waals surface area contributed by atoms with Gasteiger partial charge in [-0.25, -0.2) is 10.9 Å². The molecule has 1 aromatic rings. The molecule has 7 nitrogen and oxygen atoms in total. The molecule has 136 valence electrons. The van der Waals surface area contributed by atoms with E-state index < -0.39 is 0 Å². The zero-order valence-corrected chi connectivity index (χ0v) is 14.9. The first-order valence-electron chi connectivity index (χ1n) is 9.05. The van der Waals surface area contributed by atoms with Crippen LogP contribution in [0.5, 0.6) is 0 Å². The van der Waals surface area contributed by atoms with Crippen molar-refractivity contribution in [3.8, 4) is 0 Å². The Kier molecular flexibility index (Phi) is 5.65. The lowest BCUT2D eigenvalue weighted by Gasteiger charge is -2.33. The van der Waals surface area contributed by atoms with Crippen molar-refractivity contribution in [2.24, 2.45) is 5.92 Å². The first kappa shape index (κ1) is 17.8. The summed E-state index contributed by atoms with van der Waals surface area (Å²) in [5.74, 6) is 0.231. The molecule has 2 amide bonds. The number of hydrazine groups is 1. The third-order valence-electron chi connectivity index (χ3n) is 4.85. The molecule has 25 heavy (non-hydrogen) atoms. The number of carbonyl (C=O) groups excluding carboxylic acids is 2. The molecular formula is C18H27N5O2. The van der Waals surface area contributed by atoms with Gasteiger partial charge in [0.1, 0.15) is 6.04 Å². The minimum Gasteiger partial charge on any atom is -0.354 e. The van der Waals surface area contributed by atoms with Crippen LogP contribution in [0, 0.1) is 5.92 Å². The summed E-state index contributed by atoms with van der Waals surface area (Å²) in [5, 5.41) is 2.96. The molecule has 3 N–H and O–H groups in total. The Hall–Kier alpha value is -1.99. The molecule has 7 heteroatoms. The molecule has 0 aliphatic carbocycles. The van der Waals surface area contributed by atoms with E-state index in [0.717, 1.165) is 18.5 Å². The molecular weight excluding hydrogens is 318 g/mol. The average molecular weight is 345 g/mol. The second kappa shape index (κ2) is 7.93. The van der Waals surface area contributed by atoms with Crippen LogP contribution in [-0.2, 0) is 9.59 Å². The molecule has 0 radical (unpaired) electrons. The highest BCUT2D eigenvalue weighted by Gasteiger charge is 2.35. The number of piperidine rings is 1. The van der Waals surface area contributed by atoms with Crippen LogP contribution in [0.15, 0.2) is 24.4 Å². The van der Waals surface area contributed by atoms with Crippen LogP contribution in [0.4, 0.5) is 0 Å². The third kappa shape index (κ3) is 4.35. The Bertz CT molecular complexity index is 599. The molecule has 0 aromatic carbocycles. The van der Waals surface area contributed by atoms with Gasteiger partial charge >= 0.3 is 0 Å². The number of hydrogen-bond donors (Lipinski definition) is 3. The molecule has 0 saturated carbocycles. The van der Waals surface area contributed by atoms with Gasteiger partial charge in [-0.05, 0) is 45.2 Å². The number of rotatable bonds is 4. The molecule has 3 heterocycles. The van der Waals surface area contributed by atoms with Crippen LogP contribution in [-0.4, -0.2) is 46.9 Å². The Balaban J connectivity index is 1.49. The Labute approximate surface area is 148 Å². The van der Waals surface area contributed by atoms with Crippen molar-refractivity contribution in [2.75, 3.05) is 13.1 Å². The number of carbonyl (C=O) groups is 2. The summed E-state index contributed by atoms with van der Waals surface area (Å²) in [6, 6.07) is 5.76. The van der Waals surface area contributed by atoms with E-state index in [-0.39, 0.29) is 35.9 Å². The van der Waals surface area contributed by atoms with Crippen LogP contribution < -0.4 is 16.2 Å². The lowest BCUT2D eigenvalue weighted by atomic mass is 9.95. The van der Waals surface area contributed by atoms with Gasteiger partial charge < -0.3 is 10.2 Å². The fourth-order valence-corrected chi connectivity index (χ4v) is 3.48. The van der Waals surface area contributed by atoms with Gasteiger partial charge in [0.05, 0.1) is 11.7 Å². The average Bonchev–Trinajstić information content (AvgIpc) is 3.11. The zero-order chi connectivity index (χ0) is 17.8.